The summed E-state index contributed by atoms with van der Waals surface area (Å²) in [6.07, 6.45) is 11.2. The number of hydrogen-bond donors (Lipinski definition) is 4. The SMILES string of the molecule is Cc1cc2nc(N3CCNCC3)nc(NCc3cn(CCCNCCCNC4CCCCC4)nn3)c2cc1C. The molecule has 0 unspecified atom stereocenters. The van der Waals surface area contributed by atoms with Crippen LogP contribution in [0.5, 0.6) is 0 Å². The number of nitrogens with zero attached hydrogens (tertiary/aromatic N) is 6. The summed E-state index contributed by atoms with van der Waals surface area (Å²) >= 11 is 0. The Hall–Kier alpha value is -2.82. The van der Waals surface area contributed by atoms with E-state index >= 15 is 0 Å². The first-order valence-electron chi connectivity index (χ1n) is 15.0. The molecule has 0 radical (unpaired) electrons. The minimum atomic E-state index is 0.576. The van der Waals surface area contributed by atoms with Gasteiger partial charge in [0.25, 0.3) is 0 Å². The molecule has 10 heteroatoms. The Labute approximate surface area is 232 Å². The highest BCUT2D eigenvalue weighted by Crippen LogP contribution is 2.27. The Morgan fingerprint density at radius 3 is 2.59 bits per heavy atom. The molecule has 0 spiro atoms. The first kappa shape index (κ1) is 27.7. The van der Waals surface area contributed by atoms with E-state index in [0.29, 0.717) is 6.54 Å². The molecule has 1 aromatic carbocycles. The second-order valence-corrected chi connectivity index (χ2v) is 11.1. The minimum Gasteiger partial charge on any atom is -0.364 e. The fourth-order valence-corrected chi connectivity index (χ4v) is 5.54. The van der Waals surface area contributed by atoms with Crippen molar-refractivity contribution >= 4 is 22.7 Å². The van der Waals surface area contributed by atoms with Gasteiger partial charge in [-0.05, 0) is 82.4 Å². The van der Waals surface area contributed by atoms with E-state index in [9.17, 15) is 0 Å². The summed E-state index contributed by atoms with van der Waals surface area (Å²) in [5.74, 6) is 1.64. The lowest BCUT2D eigenvalue weighted by Crippen LogP contribution is -2.44. The molecular formula is C29H46N10. The van der Waals surface area contributed by atoms with Gasteiger partial charge in [0.05, 0.1) is 18.3 Å². The maximum Gasteiger partial charge on any atom is 0.227 e. The molecule has 10 nitrogen and oxygen atoms in total. The topological polar surface area (TPSA) is 108 Å². The fraction of sp³-hybridized carbons (Fsp3) is 0.655. The van der Waals surface area contributed by atoms with Crippen LogP contribution < -0.4 is 26.2 Å². The predicted octanol–water partition coefficient (Wildman–Crippen LogP) is 3.15. The number of nitrogens with one attached hydrogen (secondary N) is 4. The molecule has 1 aliphatic heterocycles. The van der Waals surface area contributed by atoms with E-state index < -0.39 is 0 Å². The Balaban J connectivity index is 1.09. The van der Waals surface area contributed by atoms with E-state index in [1.165, 1.54) is 49.7 Å². The van der Waals surface area contributed by atoms with Crippen LogP contribution in [0.3, 0.4) is 0 Å². The first-order valence-corrected chi connectivity index (χ1v) is 15.0. The molecule has 5 rings (SSSR count). The lowest BCUT2D eigenvalue weighted by Gasteiger charge is -2.28. The zero-order valence-corrected chi connectivity index (χ0v) is 23.8. The smallest absolute Gasteiger partial charge is 0.227 e. The average molecular weight is 535 g/mol. The summed E-state index contributed by atoms with van der Waals surface area (Å²) in [5.41, 5.74) is 4.37. The monoisotopic (exact) mass is 534 g/mol. The largest absolute Gasteiger partial charge is 0.364 e. The van der Waals surface area contributed by atoms with Crippen LogP contribution in [0.4, 0.5) is 11.8 Å². The van der Waals surface area contributed by atoms with Gasteiger partial charge in [-0.15, -0.1) is 5.10 Å². The lowest BCUT2D eigenvalue weighted by atomic mass is 9.95. The van der Waals surface area contributed by atoms with E-state index in [0.717, 1.165) is 93.2 Å². The number of aryl methyl sites for hydroxylation is 3. The van der Waals surface area contributed by atoms with E-state index in [4.69, 9.17) is 9.97 Å². The number of rotatable bonds is 13. The third kappa shape index (κ3) is 7.86. The molecule has 1 aliphatic carbocycles. The number of fused-ring (bicyclic) bond motifs is 1. The van der Waals surface area contributed by atoms with Crippen LogP contribution >= 0.6 is 0 Å². The standard InChI is InChI=1S/C29H46N10/c1-22-18-26-27(19-23(22)2)34-29(38-16-13-31-14-17-38)35-28(26)33-20-25-21-39(37-36-25)15-7-11-30-10-6-12-32-24-8-4-3-5-9-24/h18-19,21,24,30-32H,3-17,20H2,1-2H3,(H,33,34,35). The second-order valence-electron chi connectivity index (χ2n) is 11.1. The van der Waals surface area contributed by atoms with Crippen molar-refractivity contribution in [1.29, 1.82) is 0 Å². The molecule has 3 aromatic rings. The van der Waals surface area contributed by atoms with Crippen molar-refractivity contribution in [3.8, 4) is 0 Å². The maximum absolute atomic E-state index is 4.94. The summed E-state index contributed by atoms with van der Waals surface area (Å²) in [7, 11) is 0. The molecule has 0 atom stereocenters. The zero-order valence-electron chi connectivity index (χ0n) is 23.8. The van der Waals surface area contributed by atoms with E-state index in [1.807, 2.05) is 10.9 Å². The van der Waals surface area contributed by atoms with Crippen LogP contribution in [0.15, 0.2) is 18.3 Å². The van der Waals surface area contributed by atoms with Gasteiger partial charge in [0.1, 0.15) is 11.5 Å². The molecular weight excluding hydrogens is 488 g/mol. The highest BCUT2D eigenvalue weighted by atomic mass is 15.4. The molecule has 212 valence electrons. The molecule has 1 saturated heterocycles. The van der Waals surface area contributed by atoms with Gasteiger partial charge in [-0.2, -0.15) is 4.98 Å². The molecule has 1 saturated carbocycles. The number of anilines is 2. The van der Waals surface area contributed by atoms with Crippen molar-refractivity contribution in [3.63, 3.8) is 0 Å². The van der Waals surface area contributed by atoms with E-state index in [-0.39, 0.29) is 0 Å². The molecule has 3 heterocycles. The van der Waals surface area contributed by atoms with Crippen LogP contribution in [0.1, 0.15) is 61.8 Å². The van der Waals surface area contributed by atoms with E-state index in [1.54, 1.807) is 0 Å². The third-order valence-corrected chi connectivity index (χ3v) is 8.03. The molecule has 0 bridgehead atoms. The van der Waals surface area contributed by atoms with Crippen molar-refractivity contribution in [2.75, 3.05) is 56.0 Å². The fourth-order valence-electron chi connectivity index (χ4n) is 5.54. The Morgan fingerprint density at radius 1 is 0.949 bits per heavy atom. The normalized spacial score (nSPS) is 16.7. The van der Waals surface area contributed by atoms with Crippen LogP contribution in [0, 0.1) is 13.8 Å². The van der Waals surface area contributed by atoms with Crippen molar-refractivity contribution < 1.29 is 0 Å². The Morgan fingerprint density at radius 2 is 1.74 bits per heavy atom. The van der Waals surface area contributed by atoms with Crippen molar-refractivity contribution in [2.24, 2.45) is 0 Å². The highest BCUT2D eigenvalue weighted by Gasteiger charge is 2.17. The van der Waals surface area contributed by atoms with Crippen LogP contribution in [-0.4, -0.2) is 76.8 Å². The van der Waals surface area contributed by atoms with Gasteiger partial charge in [-0.25, -0.2) is 4.98 Å². The summed E-state index contributed by atoms with van der Waals surface area (Å²) < 4.78 is 1.95. The molecule has 0 amide bonds. The number of hydrogen-bond acceptors (Lipinski definition) is 9. The first-order chi connectivity index (χ1) is 19.2. The lowest BCUT2D eigenvalue weighted by molar-refractivity contribution is 0.371. The second kappa shape index (κ2) is 14.0. The molecule has 2 fully saturated rings. The van der Waals surface area contributed by atoms with Gasteiger partial charge in [0, 0.05) is 44.2 Å². The average Bonchev–Trinajstić information content (AvgIpc) is 3.42. The molecule has 39 heavy (non-hydrogen) atoms. The van der Waals surface area contributed by atoms with Gasteiger partial charge in [0.15, 0.2) is 0 Å². The third-order valence-electron chi connectivity index (χ3n) is 8.03. The van der Waals surface area contributed by atoms with Gasteiger partial charge in [-0.3, -0.25) is 4.68 Å². The van der Waals surface area contributed by atoms with Crippen molar-refractivity contribution in [3.05, 3.63) is 35.2 Å². The van der Waals surface area contributed by atoms with E-state index in [2.05, 4.69) is 62.5 Å². The van der Waals surface area contributed by atoms with Gasteiger partial charge < -0.3 is 26.2 Å². The van der Waals surface area contributed by atoms with Gasteiger partial charge >= 0.3 is 0 Å². The molecule has 2 aromatic heterocycles. The predicted molar refractivity (Wildman–Crippen MR) is 158 cm³/mol. The Kier molecular flexibility index (Phi) is 9.96. The molecule has 4 N–H and O–H groups in total. The summed E-state index contributed by atoms with van der Waals surface area (Å²) in [6.45, 7) is 12.6. The summed E-state index contributed by atoms with van der Waals surface area (Å²) in [6, 6.07) is 5.11. The van der Waals surface area contributed by atoms with Gasteiger partial charge in [-0.1, -0.05) is 24.5 Å². The van der Waals surface area contributed by atoms with Gasteiger partial charge in [0.2, 0.25) is 5.95 Å². The summed E-state index contributed by atoms with van der Waals surface area (Å²) in [5, 5.41) is 24.0. The maximum atomic E-state index is 4.94. The zero-order chi connectivity index (χ0) is 26.9. The highest BCUT2D eigenvalue weighted by molar-refractivity contribution is 5.91. The van der Waals surface area contributed by atoms with Crippen LogP contribution in [-0.2, 0) is 13.1 Å². The summed E-state index contributed by atoms with van der Waals surface area (Å²) in [4.78, 5) is 12.1. The van der Waals surface area contributed by atoms with Crippen LogP contribution in [0.25, 0.3) is 10.9 Å². The quantitative estimate of drug-likeness (QED) is 0.246. The number of benzene rings is 1. The molecule has 2 aliphatic rings. The minimum absolute atomic E-state index is 0.576. The number of aromatic nitrogens is 5. The van der Waals surface area contributed by atoms with Crippen LogP contribution in [0.2, 0.25) is 0 Å². The van der Waals surface area contributed by atoms with Crippen molar-refractivity contribution in [1.82, 2.24) is 40.9 Å². The Bertz CT molecular complexity index is 1180. The van der Waals surface area contributed by atoms with Crippen molar-refractivity contribution in [2.45, 2.75) is 77.9 Å². The number of piperazine rings is 1.